The predicted octanol–water partition coefficient (Wildman–Crippen LogP) is 5.19. The van der Waals surface area contributed by atoms with Crippen LogP contribution in [0.1, 0.15) is 22.5 Å². The van der Waals surface area contributed by atoms with Crippen LogP contribution >= 0.6 is 25.3 Å². The number of thiol groups is 2. The van der Waals surface area contributed by atoms with Gasteiger partial charge in [0.05, 0.1) is 0 Å². The second-order valence-corrected chi connectivity index (χ2v) is 9.19. The van der Waals surface area contributed by atoms with E-state index in [2.05, 4.69) is 128 Å². The van der Waals surface area contributed by atoms with Crippen LogP contribution in [0.25, 0.3) is 11.4 Å². The Balaban J connectivity index is 1.28. The molecule has 35 heavy (non-hydrogen) atoms. The molecule has 8 heteroatoms. The smallest absolute Gasteiger partial charge is 0.188 e. The highest BCUT2D eigenvalue weighted by atomic mass is 32.1. The quantitative estimate of drug-likeness (QED) is 0.275. The third kappa shape index (κ3) is 5.66. The molecule has 0 spiro atoms. The molecule has 2 heterocycles. The van der Waals surface area contributed by atoms with Crippen molar-refractivity contribution in [2.45, 2.75) is 42.7 Å². The average Bonchev–Trinajstić information content (AvgIpc) is 3.44. The minimum absolute atomic E-state index is 0.618. The number of aromatic nitrogens is 6. The molecule has 5 aromatic rings. The molecule has 0 aliphatic rings. The molecule has 0 bridgehead atoms. The number of hydrogen-bond donors (Lipinski definition) is 2. The molecule has 0 saturated carbocycles. The lowest BCUT2D eigenvalue weighted by molar-refractivity contribution is 0.611. The molecule has 0 aliphatic carbocycles. The van der Waals surface area contributed by atoms with Crippen molar-refractivity contribution in [3.05, 3.63) is 107 Å². The molecule has 0 atom stereocenters. The van der Waals surface area contributed by atoms with Crippen molar-refractivity contribution in [2.24, 2.45) is 0 Å². The molecule has 0 aliphatic heterocycles. The van der Waals surface area contributed by atoms with Crippen molar-refractivity contribution in [1.29, 1.82) is 0 Å². The molecular weight excluding hydrogens is 472 g/mol. The maximum atomic E-state index is 4.53. The lowest BCUT2D eigenvalue weighted by Gasteiger charge is -2.10. The van der Waals surface area contributed by atoms with Crippen molar-refractivity contribution in [3.63, 3.8) is 0 Å². The number of aryl methyl sites for hydroxylation is 2. The molecule has 176 valence electrons. The summed E-state index contributed by atoms with van der Waals surface area (Å²) >= 11 is 9.05. The maximum Gasteiger partial charge on any atom is 0.188 e. The van der Waals surface area contributed by atoms with Crippen molar-refractivity contribution in [3.8, 4) is 11.4 Å². The van der Waals surface area contributed by atoms with Crippen LogP contribution in [0.4, 0.5) is 0 Å². The fourth-order valence-electron chi connectivity index (χ4n) is 4.13. The van der Waals surface area contributed by atoms with Gasteiger partial charge < -0.3 is 9.13 Å². The summed E-state index contributed by atoms with van der Waals surface area (Å²) in [5.41, 5.74) is 4.71. The largest absolute Gasteiger partial charge is 0.306 e. The Morgan fingerprint density at radius 1 is 0.543 bits per heavy atom. The van der Waals surface area contributed by atoms with Crippen molar-refractivity contribution in [2.75, 3.05) is 0 Å². The van der Waals surface area contributed by atoms with E-state index in [1.165, 1.54) is 11.1 Å². The van der Waals surface area contributed by atoms with E-state index in [1.807, 2.05) is 12.1 Å². The summed E-state index contributed by atoms with van der Waals surface area (Å²) in [7, 11) is 0. The monoisotopic (exact) mass is 498 g/mol. The zero-order valence-corrected chi connectivity index (χ0v) is 21.0. The maximum absolute atomic E-state index is 4.53. The summed E-state index contributed by atoms with van der Waals surface area (Å²) in [6, 6.07) is 29.2. The fourth-order valence-corrected chi connectivity index (χ4v) is 4.62. The molecule has 6 nitrogen and oxygen atoms in total. The Morgan fingerprint density at radius 2 is 1.09 bits per heavy atom. The first-order valence-electron chi connectivity index (χ1n) is 11.6. The fraction of sp³-hybridized carbons (Fsp3) is 0.185. The Bertz CT molecular complexity index is 1380. The molecule has 0 fully saturated rings. The summed E-state index contributed by atoms with van der Waals surface area (Å²) < 4.78 is 4.13. The second-order valence-electron chi connectivity index (χ2n) is 8.39. The molecular formula is C27H26N6S2. The molecule has 3 aromatic carbocycles. The van der Waals surface area contributed by atoms with Gasteiger partial charge in [-0.05, 0) is 29.5 Å². The van der Waals surface area contributed by atoms with Crippen LogP contribution in [0.5, 0.6) is 0 Å². The van der Waals surface area contributed by atoms with Gasteiger partial charge in [-0.2, -0.15) is 0 Å². The normalized spacial score (nSPS) is 11.1. The first-order chi connectivity index (χ1) is 17.2. The van der Waals surface area contributed by atoms with Crippen molar-refractivity contribution < 1.29 is 0 Å². The highest BCUT2D eigenvalue weighted by Gasteiger charge is 2.14. The van der Waals surface area contributed by atoms with Gasteiger partial charge in [-0.3, -0.25) is 0 Å². The first kappa shape index (κ1) is 23.4. The molecule has 5 rings (SSSR count). The van der Waals surface area contributed by atoms with E-state index >= 15 is 0 Å². The van der Waals surface area contributed by atoms with E-state index in [4.69, 9.17) is 0 Å². The highest BCUT2D eigenvalue weighted by molar-refractivity contribution is 7.80. The van der Waals surface area contributed by atoms with Crippen LogP contribution in [0.2, 0.25) is 0 Å². The highest BCUT2D eigenvalue weighted by Crippen LogP contribution is 2.22. The Labute approximate surface area is 215 Å². The SMILES string of the molecule is Sc1nnc(Cc2ccc(-c3nnc(S)n3CCc3ccccc3)cc2)n1CCc1ccccc1. The van der Waals surface area contributed by atoms with Crippen molar-refractivity contribution >= 4 is 25.3 Å². The molecule has 0 amide bonds. The van der Waals surface area contributed by atoms with Crippen LogP contribution < -0.4 is 0 Å². The molecule has 0 radical (unpaired) electrons. The van der Waals surface area contributed by atoms with E-state index in [9.17, 15) is 0 Å². The third-order valence-electron chi connectivity index (χ3n) is 6.05. The van der Waals surface area contributed by atoms with Gasteiger partial charge in [0.1, 0.15) is 5.82 Å². The first-order valence-corrected chi connectivity index (χ1v) is 12.5. The van der Waals surface area contributed by atoms with E-state index < -0.39 is 0 Å². The van der Waals surface area contributed by atoms with Crippen LogP contribution in [0.3, 0.4) is 0 Å². The summed E-state index contributed by atoms with van der Waals surface area (Å²) in [5.74, 6) is 1.73. The van der Waals surface area contributed by atoms with Gasteiger partial charge in [0.15, 0.2) is 16.1 Å². The van der Waals surface area contributed by atoms with E-state index in [-0.39, 0.29) is 0 Å². The number of benzene rings is 3. The Morgan fingerprint density at radius 3 is 1.71 bits per heavy atom. The molecule has 0 unspecified atom stereocenters. The minimum Gasteiger partial charge on any atom is -0.306 e. The van der Waals surface area contributed by atoms with Gasteiger partial charge in [-0.25, -0.2) is 0 Å². The second kappa shape index (κ2) is 10.9. The van der Waals surface area contributed by atoms with E-state index in [1.54, 1.807) is 0 Å². The van der Waals surface area contributed by atoms with Gasteiger partial charge in [0, 0.05) is 25.1 Å². The lowest BCUT2D eigenvalue weighted by Crippen LogP contribution is -2.08. The zero-order valence-electron chi connectivity index (χ0n) is 19.2. The molecule has 0 saturated heterocycles. The Kier molecular flexibility index (Phi) is 7.30. The predicted molar refractivity (Wildman–Crippen MR) is 143 cm³/mol. The van der Waals surface area contributed by atoms with Gasteiger partial charge in [-0.1, -0.05) is 84.9 Å². The zero-order chi connectivity index (χ0) is 24.0. The van der Waals surface area contributed by atoms with Crippen LogP contribution in [-0.2, 0) is 32.4 Å². The van der Waals surface area contributed by atoms with E-state index in [0.29, 0.717) is 16.7 Å². The molecule has 0 N–H and O–H groups in total. The number of rotatable bonds is 9. The van der Waals surface area contributed by atoms with Crippen LogP contribution in [0, 0.1) is 0 Å². The van der Waals surface area contributed by atoms with Gasteiger partial charge in [0.2, 0.25) is 0 Å². The van der Waals surface area contributed by atoms with Crippen molar-refractivity contribution in [1.82, 2.24) is 29.5 Å². The topological polar surface area (TPSA) is 61.4 Å². The van der Waals surface area contributed by atoms with Gasteiger partial charge in [-0.15, -0.1) is 45.7 Å². The van der Waals surface area contributed by atoms with Crippen LogP contribution in [-0.4, -0.2) is 29.5 Å². The van der Waals surface area contributed by atoms with Crippen LogP contribution in [0.15, 0.2) is 95.2 Å². The number of nitrogens with zero attached hydrogens (tertiary/aromatic N) is 6. The summed E-state index contributed by atoms with van der Waals surface area (Å²) in [6.07, 6.45) is 2.48. The van der Waals surface area contributed by atoms with Gasteiger partial charge in [0.25, 0.3) is 0 Å². The summed E-state index contributed by atoms with van der Waals surface area (Å²) in [6.45, 7) is 1.56. The number of hydrogen-bond acceptors (Lipinski definition) is 6. The third-order valence-corrected chi connectivity index (χ3v) is 6.71. The van der Waals surface area contributed by atoms with Gasteiger partial charge >= 0.3 is 0 Å². The molecule has 2 aromatic heterocycles. The standard InChI is InChI=1S/C27H26N6S2/c34-26-30-28-24(32(26)17-15-20-7-3-1-4-8-20)19-22-11-13-23(14-12-22)25-29-31-27(35)33(25)18-16-21-9-5-2-6-10-21/h1-14H,15-19H2,(H,30,34)(H,31,35). The average molecular weight is 499 g/mol. The minimum atomic E-state index is 0.618. The summed E-state index contributed by atoms with van der Waals surface area (Å²) in [5, 5.41) is 18.4. The lowest BCUT2D eigenvalue weighted by atomic mass is 10.1. The Hall–Kier alpha value is -3.36. The summed E-state index contributed by atoms with van der Waals surface area (Å²) in [4.78, 5) is 0. The van der Waals surface area contributed by atoms with E-state index in [0.717, 1.165) is 48.7 Å².